The third kappa shape index (κ3) is 3.08. The minimum Gasteiger partial charge on any atom is -0.480 e. The fourth-order valence-corrected chi connectivity index (χ4v) is 1.94. The molecular weight excluding hydrogens is 315 g/mol. The number of nitrogens with zero attached hydrogens (tertiary/aromatic N) is 1. The van der Waals surface area contributed by atoms with E-state index in [-0.39, 0.29) is 5.56 Å². The van der Waals surface area contributed by atoms with E-state index in [2.05, 4.69) is 26.2 Å². The smallest absolute Gasteiger partial charge is 0.257 e. The van der Waals surface area contributed by atoms with Gasteiger partial charge in [-0.25, -0.2) is 9.37 Å². The molecule has 4 nitrogen and oxygen atoms in total. The van der Waals surface area contributed by atoms with Gasteiger partial charge in [-0.15, -0.1) is 0 Å². The molecule has 0 fully saturated rings. The minimum atomic E-state index is -0.480. The van der Waals surface area contributed by atoms with Gasteiger partial charge in [-0.05, 0) is 46.3 Å². The standard InChI is InChI=1S/C13H10BrFN2O2/c1-19-13-11(3-2-6-16-13)17-12(18)9-7-8(15)4-5-10(9)14/h2-7H,1H3,(H,17,18). The molecule has 0 radical (unpaired) electrons. The van der Waals surface area contributed by atoms with Crippen molar-refractivity contribution in [2.24, 2.45) is 0 Å². The Labute approximate surface area is 117 Å². The summed E-state index contributed by atoms with van der Waals surface area (Å²) in [5.74, 6) is -0.632. The van der Waals surface area contributed by atoms with Crippen LogP contribution in [-0.4, -0.2) is 18.0 Å². The zero-order valence-electron chi connectivity index (χ0n) is 9.98. The Morgan fingerprint density at radius 3 is 2.95 bits per heavy atom. The SMILES string of the molecule is COc1ncccc1NC(=O)c1cc(F)ccc1Br. The van der Waals surface area contributed by atoms with Gasteiger partial charge >= 0.3 is 0 Å². The number of ether oxygens (including phenoxy) is 1. The van der Waals surface area contributed by atoms with E-state index < -0.39 is 11.7 Å². The van der Waals surface area contributed by atoms with Crippen LogP contribution in [0, 0.1) is 5.82 Å². The Hall–Kier alpha value is -1.95. The van der Waals surface area contributed by atoms with Crippen LogP contribution in [0.25, 0.3) is 0 Å². The van der Waals surface area contributed by atoms with Crippen molar-refractivity contribution in [1.82, 2.24) is 4.98 Å². The summed E-state index contributed by atoms with van der Waals surface area (Å²) in [6.45, 7) is 0. The van der Waals surface area contributed by atoms with Gasteiger partial charge in [0.15, 0.2) is 0 Å². The molecule has 1 amide bonds. The molecule has 2 aromatic rings. The van der Waals surface area contributed by atoms with Crippen molar-refractivity contribution in [3.8, 4) is 5.88 Å². The van der Waals surface area contributed by atoms with E-state index in [1.54, 1.807) is 18.3 Å². The summed E-state index contributed by atoms with van der Waals surface area (Å²) in [4.78, 5) is 16.0. The van der Waals surface area contributed by atoms with Crippen molar-refractivity contribution in [3.05, 3.63) is 52.4 Å². The molecule has 19 heavy (non-hydrogen) atoms. The Kier molecular flexibility index (Phi) is 4.11. The lowest BCUT2D eigenvalue weighted by atomic mass is 10.2. The van der Waals surface area contributed by atoms with Gasteiger partial charge in [-0.2, -0.15) is 0 Å². The largest absolute Gasteiger partial charge is 0.480 e. The van der Waals surface area contributed by atoms with Crippen LogP contribution in [0.1, 0.15) is 10.4 Å². The van der Waals surface area contributed by atoms with Gasteiger partial charge in [0.25, 0.3) is 5.91 Å². The predicted molar refractivity (Wildman–Crippen MR) is 72.8 cm³/mol. The van der Waals surface area contributed by atoms with E-state index in [0.29, 0.717) is 16.0 Å². The number of hydrogen-bond acceptors (Lipinski definition) is 3. The fourth-order valence-electron chi connectivity index (χ4n) is 1.51. The summed E-state index contributed by atoms with van der Waals surface area (Å²) in [5, 5.41) is 2.62. The number of methoxy groups -OCH3 is 1. The number of benzene rings is 1. The fraction of sp³-hybridized carbons (Fsp3) is 0.0769. The molecule has 2 rings (SSSR count). The Morgan fingerprint density at radius 2 is 2.21 bits per heavy atom. The molecule has 1 aromatic carbocycles. The summed E-state index contributed by atoms with van der Waals surface area (Å²) in [5.41, 5.74) is 0.622. The molecule has 0 atom stereocenters. The van der Waals surface area contributed by atoms with Crippen LogP contribution in [0.2, 0.25) is 0 Å². The molecule has 0 aliphatic heterocycles. The first kappa shape index (κ1) is 13.5. The number of pyridine rings is 1. The van der Waals surface area contributed by atoms with E-state index in [4.69, 9.17) is 4.74 Å². The van der Waals surface area contributed by atoms with E-state index >= 15 is 0 Å². The molecule has 1 N–H and O–H groups in total. The molecule has 0 unspecified atom stereocenters. The van der Waals surface area contributed by atoms with E-state index in [0.717, 1.165) is 6.07 Å². The van der Waals surface area contributed by atoms with Crippen LogP contribution < -0.4 is 10.1 Å². The number of anilines is 1. The zero-order valence-corrected chi connectivity index (χ0v) is 11.6. The highest BCUT2D eigenvalue weighted by molar-refractivity contribution is 9.10. The number of aromatic nitrogens is 1. The van der Waals surface area contributed by atoms with E-state index in [1.807, 2.05) is 0 Å². The van der Waals surface area contributed by atoms with Gasteiger partial charge in [-0.1, -0.05) is 0 Å². The van der Waals surface area contributed by atoms with Crippen LogP contribution in [0.3, 0.4) is 0 Å². The summed E-state index contributed by atoms with van der Waals surface area (Å²) >= 11 is 3.21. The molecule has 6 heteroatoms. The normalized spacial score (nSPS) is 10.1. The molecule has 0 saturated heterocycles. The van der Waals surface area contributed by atoms with Gasteiger partial charge in [0.1, 0.15) is 11.5 Å². The highest BCUT2D eigenvalue weighted by Crippen LogP contribution is 2.23. The maximum atomic E-state index is 13.2. The lowest BCUT2D eigenvalue weighted by Gasteiger charge is -2.09. The summed E-state index contributed by atoms with van der Waals surface area (Å²) < 4.78 is 18.7. The number of nitrogens with one attached hydrogen (secondary N) is 1. The first-order chi connectivity index (χ1) is 9.11. The topological polar surface area (TPSA) is 51.2 Å². The number of rotatable bonds is 3. The highest BCUT2D eigenvalue weighted by atomic mass is 79.9. The number of halogens is 2. The van der Waals surface area contributed by atoms with Crippen LogP contribution in [0.15, 0.2) is 41.0 Å². The third-order valence-electron chi connectivity index (χ3n) is 2.39. The van der Waals surface area contributed by atoms with Crippen LogP contribution in [0.4, 0.5) is 10.1 Å². The molecular formula is C13H10BrFN2O2. The van der Waals surface area contributed by atoms with Crippen LogP contribution >= 0.6 is 15.9 Å². The van der Waals surface area contributed by atoms with Gasteiger partial charge < -0.3 is 10.1 Å². The van der Waals surface area contributed by atoms with Crippen molar-refractivity contribution in [3.63, 3.8) is 0 Å². The van der Waals surface area contributed by atoms with Crippen molar-refractivity contribution in [1.29, 1.82) is 0 Å². The van der Waals surface area contributed by atoms with E-state index in [1.165, 1.54) is 19.2 Å². The van der Waals surface area contributed by atoms with Crippen LogP contribution in [-0.2, 0) is 0 Å². The Bertz CT molecular complexity index is 619. The average molecular weight is 325 g/mol. The lowest BCUT2D eigenvalue weighted by Crippen LogP contribution is -2.14. The highest BCUT2D eigenvalue weighted by Gasteiger charge is 2.13. The second-order valence-electron chi connectivity index (χ2n) is 3.64. The van der Waals surface area contributed by atoms with Gasteiger partial charge in [0.05, 0.1) is 12.7 Å². The monoisotopic (exact) mass is 324 g/mol. The minimum absolute atomic E-state index is 0.200. The second-order valence-corrected chi connectivity index (χ2v) is 4.49. The predicted octanol–water partition coefficient (Wildman–Crippen LogP) is 3.24. The van der Waals surface area contributed by atoms with Crippen molar-refractivity contribution >= 4 is 27.5 Å². The van der Waals surface area contributed by atoms with Gasteiger partial charge in [0, 0.05) is 10.7 Å². The maximum absolute atomic E-state index is 13.2. The first-order valence-electron chi connectivity index (χ1n) is 5.37. The Balaban J connectivity index is 2.28. The zero-order chi connectivity index (χ0) is 13.8. The molecule has 0 saturated carbocycles. The quantitative estimate of drug-likeness (QED) is 0.942. The number of carbonyl (C=O) groups is 1. The van der Waals surface area contributed by atoms with Crippen LogP contribution in [0.5, 0.6) is 5.88 Å². The third-order valence-corrected chi connectivity index (χ3v) is 3.08. The number of carbonyl (C=O) groups excluding carboxylic acids is 1. The summed E-state index contributed by atoms with van der Waals surface area (Å²) in [7, 11) is 1.45. The van der Waals surface area contributed by atoms with Gasteiger partial charge in [0.2, 0.25) is 5.88 Å². The van der Waals surface area contributed by atoms with Crippen molar-refractivity contribution in [2.75, 3.05) is 12.4 Å². The molecule has 0 aliphatic rings. The second kappa shape index (κ2) is 5.79. The maximum Gasteiger partial charge on any atom is 0.257 e. The Morgan fingerprint density at radius 1 is 1.42 bits per heavy atom. The summed E-state index contributed by atoms with van der Waals surface area (Å²) in [6.07, 6.45) is 1.55. The van der Waals surface area contributed by atoms with Crippen molar-refractivity contribution in [2.45, 2.75) is 0 Å². The molecule has 0 spiro atoms. The number of hydrogen-bond donors (Lipinski definition) is 1. The number of amides is 1. The lowest BCUT2D eigenvalue weighted by molar-refractivity contribution is 0.102. The summed E-state index contributed by atoms with van der Waals surface area (Å²) in [6, 6.07) is 7.22. The molecule has 1 heterocycles. The average Bonchev–Trinajstić information content (AvgIpc) is 2.42. The van der Waals surface area contributed by atoms with E-state index in [9.17, 15) is 9.18 Å². The van der Waals surface area contributed by atoms with Crippen molar-refractivity contribution < 1.29 is 13.9 Å². The molecule has 98 valence electrons. The molecule has 0 aliphatic carbocycles. The van der Waals surface area contributed by atoms with Gasteiger partial charge in [-0.3, -0.25) is 4.79 Å². The molecule has 0 bridgehead atoms. The first-order valence-corrected chi connectivity index (χ1v) is 6.16. The molecule has 1 aromatic heterocycles.